The number of fused-ring (bicyclic) bond motifs is 8. The summed E-state index contributed by atoms with van der Waals surface area (Å²) >= 11 is 16.9. The van der Waals surface area contributed by atoms with E-state index < -0.39 is 0 Å². The minimum absolute atomic E-state index is 0. The molecule has 15 heteroatoms. The van der Waals surface area contributed by atoms with Crippen LogP contribution in [0.2, 0.25) is 0 Å². The number of aromatic nitrogens is 4. The molecule has 9 nitrogen and oxygen atoms in total. The van der Waals surface area contributed by atoms with E-state index in [0.29, 0.717) is 60.3 Å². The average Bonchev–Trinajstić information content (AvgIpc) is 3.78. The molecule has 0 amide bonds. The smallest absolute Gasteiger partial charge is 0.870 e. The largest absolute Gasteiger partial charge is 1.00 e. The summed E-state index contributed by atoms with van der Waals surface area (Å²) < 4.78 is 0.438. The molecule has 0 aliphatic heterocycles. The second-order valence-electron chi connectivity index (χ2n) is 12.4. The number of alkyl halides is 3. The number of imidazole rings is 2. The molecule has 280 valence electrons. The number of hydrogen-bond acceptors (Lipinski definition) is 8. The zero-order valence-corrected chi connectivity index (χ0v) is 39.5. The molecule has 0 bridgehead atoms. The first-order valence-electron chi connectivity index (χ1n) is 17.2. The van der Waals surface area contributed by atoms with Crippen molar-refractivity contribution in [1.29, 1.82) is 0 Å². The van der Waals surface area contributed by atoms with Gasteiger partial charge in [0.1, 0.15) is 5.52 Å². The van der Waals surface area contributed by atoms with Gasteiger partial charge in [-0.1, -0.05) is 121 Å². The van der Waals surface area contributed by atoms with Gasteiger partial charge in [0.15, 0.2) is 33.1 Å². The predicted octanol–water partition coefficient (Wildman–Crippen LogP) is 7.77. The van der Waals surface area contributed by atoms with Crippen LogP contribution in [0.5, 0.6) is 0 Å². The van der Waals surface area contributed by atoms with Crippen LogP contribution >= 0.6 is 71.8 Å². The van der Waals surface area contributed by atoms with Crippen LogP contribution in [-0.4, -0.2) is 70.3 Å². The summed E-state index contributed by atoms with van der Waals surface area (Å²) in [5.74, 6) is 0.471. The standard InChI is InChI=1S/C20H17BrN2O2S.C15H8N2O2S.C5H10Br2.K.H2O/c21-10-4-1-5-11-26-20-22-15-9-8-14-16(17(15)23-20)19(25)13-7-3-2-6-12(13)18(14)24;18-13-7-3-1-2-4-8(7)14(19)11-9(13)5-6-10-12(11)17-15(20)16-10;6-4-2-1-3-5-7;;/h2-3,6-9H,1,4-5,10-11H2,(H,22,23);1-6H,(H2,16,17,20);1-5H2;;1H2/q;;;+1;/p-1. The summed E-state index contributed by atoms with van der Waals surface area (Å²) in [6.45, 7) is 0. The van der Waals surface area contributed by atoms with Crippen molar-refractivity contribution >= 4 is 117 Å². The van der Waals surface area contributed by atoms with Gasteiger partial charge in [0.25, 0.3) is 0 Å². The van der Waals surface area contributed by atoms with E-state index in [0.717, 1.165) is 44.4 Å². The zero-order valence-electron chi connectivity index (χ0n) is 30.0. The average molecular weight is 996 g/mol. The molecule has 2 aliphatic carbocycles. The van der Waals surface area contributed by atoms with Crippen LogP contribution in [0.15, 0.2) is 78.0 Å². The Morgan fingerprint density at radius 2 is 1.02 bits per heavy atom. The van der Waals surface area contributed by atoms with E-state index in [4.69, 9.17) is 12.2 Å². The summed E-state index contributed by atoms with van der Waals surface area (Å²) in [6.07, 6.45) is 7.44. The molecule has 8 rings (SSSR count). The van der Waals surface area contributed by atoms with Gasteiger partial charge in [0, 0.05) is 55.1 Å². The van der Waals surface area contributed by atoms with E-state index in [1.165, 1.54) is 32.1 Å². The van der Waals surface area contributed by atoms with Crippen LogP contribution in [0.4, 0.5) is 0 Å². The molecule has 0 atom stereocenters. The molecule has 2 aromatic heterocycles. The summed E-state index contributed by atoms with van der Waals surface area (Å²) in [5.41, 5.74) is 6.25. The first kappa shape index (κ1) is 45.8. The number of nitrogens with zero attached hydrogens (tertiary/aromatic N) is 1. The molecule has 0 fully saturated rings. The number of carbonyl (C=O) groups excluding carboxylic acids is 4. The van der Waals surface area contributed by atoms with Crippen LogP contribution < -0.4 is 51.4 Å². The molecule has 0 unspecified atom stereocenters. The number of hydrogen-bond donors (Lipinski definition) is 3. The SMILES string of the molecule is BrCCCCCBr.O=C1c2ccccc2C(=O)c2c1ccc1[nH]c(=S)[nH]c21.O=C1c2ccccc2C(=O)c2c1ccc1[nH]c(SCCCCCBr)nc21.[K+].[OH-]. The van der Waals surface area contributed by atoms with Crippen molar-refractivity contribution in [3.63, 3.8) is 0 Å². The van der Waals surface area contributed by atoms with Gasteiger partial charge < -0.3 is 20.4 Å². The Balaban J connectivity index is 0.000000207. The molecule has 0 spiro atoms. The fourth-order valence-electron chi connectivity index (χ4n) is 6.29. The van der Waals surface area contributed by atoms with E-state index in [9.17, 15) is 19.2 Å². The van der Waals surface area contributed by atoms with Crippen LogP contribution in [0.1, 0.15) is 102 Å². The maximum atomic E-state index is 13.0. The van der Waals surface area contributed by atoms with Crippen molar-refractivity contribution in [3.8, 4) is 0 Å². The molecule has 55 heavy (non-hydrogen) atoms. The van der Waals surface area contributed by atoms with E-state index in [2.05, 4.69) is 67.7 Å². The Morgan fingerprint density at radius 1 is 0.545 bits per heavy atom. The van der Waals surface area contributed by atoms with Crippen molar-refractivity contribution < 1.29 is 76.0 Å². The maximum absolute atomic E-state index is 13.0. The fraction of sp³-hybridized carbons (Fsp3) is 0.250. The van der Waals surface area contributed by atoms with Crippen LogP contribution in [0.25, 0.3) is 22.1 Å². The molecule has 4 N–H and O–H groups in total. The molecule has 0 radical (unpaired) electrons. The molecule has 0 saturated carbocycles. The Hall–Kier alpha value is -1.89. The topological polar surface area (TPSA) is 159 Å². The summed E-state index contributed by atoms with van der Waals surface area (Å²) in [5, 5.41) is 4.14. The number of halogens is 3. The van der Waals surface area contributed by atoms with E-state index in [1.54, 1.807) is 78.5 Å². The molecule has 2 heterocycles. The van der Waals surface area contributed by atoms with Crippen molar-refractivity contribution in [2.24, 2.45) is 0 Å². The van der Waals surface area contributed by atoms with E-state index in [-0.39, 0.29) is 80.0 Å². The number of thioether (sulfide) groups is 1. The second-order valence-corrected chi connectivity index (χ2v) is 16.2. The molecule has 2 aliphatic rings. The van der Waals surface area contributed by atoms with Crippen LogP contribution in [0, 0.1) is 4.77 Å². The summed E-state index contributed by atoms with van der Waals surface area (Å²) in [7, 11) is 0. The third kappa shape index (κ3) is 10.2. The minimum atomic E-state index is -0.147. The van der Waals surface area contributed by atoms with Crippen LogP contribution in [-0.2, 0) is 0 Å². The van der Waals surface area contributed by atoms with Gasteiger partial charge in [-0.3, -0.25) is 19.2 Å². The third-order valence-corrected chi connectivity index (χ3v) is 11.7. The molecule has 4 aromatic carbocycles. The first-order chi connectivity index (χ1) is 25.8. The van der Waals surface area contributed by atoms with Crippen molar-refractivity contribution in [3.05, 3.63) is 122 Å². The Bertz CT molecular complexity index is 2410. The Labute approximate surface area is 395 Å². The fourth-order valence-corrected chi connectivity index (χ4v) is 8.58. The third-order valence-electron chi connectivity index (χ3n) is 8.88. The quantitative estimate of drug-likeness (QED) is 0.0413. The normalized spacial score (nSPS) is 12.3. The van der Waals surface area contributed by atoms with Gasteiger partial charge in [-0.05, 0) is 62.2 Å². The number of nitrogens with one attached hydrogen (secondary N) is 3. The Morgan fingerprint density at radius 3 is 1.56 bits per heavy atom. The van der Waals surface area contributed by atoms with E-state index >= 15 is 0 Å². The molecular weight excluding hydrogens is 959 g/mol. The van der Waals surface area contributed by atoms with Gasteiger partial charge in [-0.2, -0.15) is 0 Å². The number of unbranched alkanes of at least 4 members (excludes halogenated alkanes) is 4. The summed E-state index contributed by atoms with van der Waals surface area (Å²) in [4.78, 5) is 64.7. The van der Waals surface area contributed by atoms with Crippen molar-refractivity contribution in [1.82, 2.24) is 19.9 Å². The zero-order chi connectivity index (χ0) is 37.5. The van der Waals surface area contributed by atoms with Crippen LogP contribution in [0.3, 0.4) is 0 Å². The van der Waals surface area contributed by atoms with Gasteiger partial charge in [0.05, 0.1) is 27.7 Å². The minimum Gasteiger partial charge on any atom is -0.870 e. The predicted molar refractivity (Wildman–Crippen MR) is 228 cm³/mol. The van der Waals surface area contributed by atoms with Gasteiger partial charge in [-0.15, -0.1) is 0 Å². The maximum Gasteiger partial charge on any atom is 1.00 e. The van der Waals surface area contributed by atoms with Gasteiger partial charge >= 0.3 is 51.4 Å². The molecule has 6 aromatic rings. The van der Waals surface area contributed by atoms with Crippen molar-refractivity contribution in [2.45, 2.75) is 43.7 Å². The van der Waals surface area contributed by atoms with Crippen molar-refractivity contribution in [2.75, 3.05) is 21.7 Å². The van der Waals surface area contributed by atoms with Gasteiger partial charge in [-0.25, -0.2) is 4.98 Å². The molecular formula is C40H36Br3KN4O5S2. The first-order valence-corrected chi connectivity index (χ1v) is 22.0. The number of rotatable bonds is 10. The number of ketones is 4. The Kier molecular flexibility index (Phi) is 18.1. The number of aromatic amines is 3. The molecule has 0 saturated heterocycles. The second kappa shape index (κ2) is 21.7. The number of benzene rings is 4. The summed E-state index contributed by atoms with van der Waals surface area (Å²) in [6, 6.07) is 20.9. The number of carbonyl (C=O) groups is 4. The monoisotopic (exact) mass is 992 g/mol. The van der Waals surface area contributed by atoms with Gasteiger partial charge in [0.2, 0.25) is 0 Å². The van der Waals surface area contributed by atoms with E-state index in [1.807, 2.05) is 6.07 Å². The number of H-pyrrole nitrogens is 3.